The number of rotatable bonds is 5. The van der Waals surface area contributed by atoms with Crippen LogP contribution in [0.15, 0.2) is 18.2 Å². The van der Waals surface area contributed by atoms with Gasteiger partial charge in [-0.05, 0) is 49.1 Å². The Hall–Kier alpha value is -1.35. The highest BCUT2D eigenvalue weighted by Crippen LogP contribution is 2.32. The molecule has 1 saturated heterocycles. The highest BCUT2D eigenvalue weighted by atomic mass is 16.2. The average Bonchev–Trinajstić information content (AvgIpc) is 2.49. The summed E-state index contributed by atoms with van der Waals surface area (Å²) >= 11 is 0. The highest BCUT2D eigenvalue weighted by Gasteiger charge is 2.25. The molecule has 1 amide bonds. The van der Waals surface area contributed by atoms with Gasteiger partial charge < -0.3 is 10.2 Å². The molecule has 1 aromatic rings. The first-order chi connectivity index (χ1) is 10.9. The average molecular weight is 317 g/mol. The van der Waals surface area contributed by atoms with E-state index >= 15 is 0 Å². The van der Waals surface area contributed by atoms with Crippen molar-refractivity contribution in [1.82, 2.24) is 0 Å². The van der Waals surface area contributed by atoms with E-state index in [0.717, 1.165) is 12.2 Å². The minimum Gasteiger partial charge on any atom is -0.325 e. The molecule has 1 aromatic carbocycles. The maximum Gasteiger partial charge on any atom is 0.279 e. The molecule has 23 heavy (non-hydrogen) atoms. The Kier molecular flexibility index (Phi) is 6.23. The highest BCUT2D eigenvalue weighted by molar-refractivity contribution is 5.93. The summed E-state index contributed by atoms with van der Waals surface area (Å²) in [5.41, 5.74) is 3.53. The number of nitrogens with one attached hydrogen (secondary N) is 2. The van der Waals surface area contributed by atoms with Crippen LogP contribution < -0.4 is 10.2 Å². The standard InChI is InChI=1S/C20H32N2O/c1-14(2)17-10-8-11-18(15(3)4)20(17)21-19(23)13-22-12-7-6-9-16(22)5/h8,10-11,14-16H,6-7,9,12-13H2,1-5H3,(H,21,23)/p+1/t16-/m0/s1. The summed E-state index contributed by atoms with van der Waals surface area (Å²) in [5, 5.41) is 3.25. The van der Waals surface area contributed by atoms with Crippen molar-refractivity contribution in [2.24, 2.45) is 0 Å². The zero-order chi connectivity index (χ0) is 17.0. The second-order valence-corrected chi connectivity index (χ2v) is 7.65. The first kappa shape index (κ1) is 18.0. The summed E-state index contributed by atoms with van der Waals surface area (Å²) in [5.74, 6) is 0.972. The van der Waals surface area contributed by atoms with Crippen molar-refractivity contribution in [1.29, 1.82) is 0 Å². The SMILES string of the molecule is CC(C)c1cccc(C(C)C)c1NC(=O)C[NH+]1CCCC[C@@H]1C. The Morgan fingerprint density at radius 3 is 2.30 bits per heavy atom. The maximum absolute atomic E-state index is 12.6. The smallest absolute Gasteiger partial charge is 0.279 e. The van der Waals surface area contributed by atoms with Crippen LogP contribution in [-0.4, -0.2) is 25.0 Å². The number of hydrogen-bond donors (Lipinski definition) is 2. The van der Waals surface area contributed by atoms with E-state index in [1.807, 2.05) is 0 Å². The van der Waals surface area contributed by atoms with Crippen LogP contribution in [0.5, 0.6) is 0 Å². The first-order valence-corrected chi connectivity index (χ1v) is 9.17. The number of carbonyl (C=O) groups is 1. The van der Waals surface area contributed by atoms with Gasteiger partial charge in [-0.3, -0.25) is 4.79 Å². The summed E-state index contributed by atoms with van der Waals surface area (Å²) in [6, 6.07) is 6.99. The third-order valence-corrected chi connectivity index (χ3v) is 5.11. The van der Waals surface area contributed by atoms with E-state index in [1.165, 1.54) is 35.3 Å². The summed E-state index contributed by atoms with van der Waals surface area (Å²) < 4.78 is 0. The molecule has 0 radical (unpaired) electrons. The molecule has 3 heteroatoms. The summed E-state index contributed by atoms with van der Waals surface area (Å²) in [6.07, 6.45) is 3.79. The zero-order valence-corrected chi connectivity index (χ0v) is 15.4. The second kappa shape index (κ2) is 7.96. The molecule has 0 spiro atoms. The lowest BCUT2D eigenvalue weighted by atomic mass is 9.92. The van der Waals surface area contributed by atoms with Gasteiger partial charge in [-0.15, -0.1) is 0 Å². The molecule has 1 aliphatic rings. The van der Waals surface area contributed by atoms with Crippen molar-refractivity contribution >= 4 is 11.6 Å². The van der Waals surface area contributed by atoms with E-state index in [4.69, 9.17) is 0 Å². The van der Waals surface area contributed by atoms with Crippen molar-refractivity contribution in [3.63, 3.8) is 0 Å². The molecular weight excluding hydrogens is 284 g/mol. The molecule has 128 valence electrons. The third-order valence-electron chi connectivity index (χ3n) is 5.11. The van der Waals surface area contributed by atoms with Crippen LogP contribution in [0, 0.1) is 0 Å². The van der Waals surface area contributed by atoms with Crippen molar-refractivity contribution in [3.8, 4) is 0 Å². The molecule has 0 aromatic heterocycles. The van der Waals surface area contributed by atoms with E-state index in [0.29, 0.717) is 24.4 Å². The van der Waals surface area contributed by atoms with Crippen molar-refractivity contribution in [2.75, 3.05) is 18.4 Å². The van der Waals surface area contributed by atoms with Crippen LogP contribution in [0.25, 0.3) is 0 Å². The lowest BCUT2D eigenvalue weighted by Crippen LogP contribution is -3.17. The topological polar surface area (TPSA) is 33.5 Å². The van der Waals surface area contributed by atoms with Crippen LogP contribution in [0.1, 0.15) is 76.8 Å². The monoisotopic (exact) mass is 317 g/mol. The fourth-order valence-electron chi connectivity index (χ4n) is 3.60. The summed E-state index contributed by atoms with van der Waals surface area (Å²) in [4.78, 5) is 14.1. The fraction of sp³-hybridized carbons (Fsp3) is 0.650. The van der Waals surface area contributed by atoms with Gasteiger partial charge in [0.25, 0.3) is 5.91 Å². The largest absolute Gasteiger partial charge is 0.325 e. The molecule has 1 heterocycles. The van der Waals surface area contributed by atoms with Crippen LogP contribution in [0.3, 0.4) is 0 Å². The second-order valence-electron chi connectivity index (χ2n) is 7.65. The van der Waals surface area contributed by atoms with Crippen molar-refractivity contribution < 1.29 is 9.69 Å². The van der Waals surface area contributed by atoms with Crippen molar-refractivity contribution in [3.05, 3.63) is 29.3 Å². The van der Waals surface area contributed by atoms with Crippen LogP contribution in [-0.2, 0) is 4.79 Å². The number of para-hydroxylation sites is 1. The minimum atomic E-state index is 0.156. The Morgan fingerprint density at radius 2 is 1.78 bits per heavy atom. The predicted octanol–water partition coefficient (Wildman–Crippen LogP) is 3.33. The Bertz CT molecular complexity index is 510. The van der Waals surface area contributed by atoms with E-state index in [-0.39, 0.29) is 5.91 Å². The van der Waals surface area contributed by atoms with Gasteiger partial charge >= 0.3 is 0 Å². The van der Waals surface area contributed by atoms with E-state index in [2.05, 4.69) is 58.1 Å². The van der Waals surface area contributed by atoms with Gasteiger partial charge in [0.05, 0.1) is 12.6 Å². The number of benzene rings is 1. The molecule has 2 atom stereocenters. The number of amides is 1. The molecule has 1 unspecified atom stereocenters. The maximum atomic E-state index is 12.6. The molecule has 0 bridgehead atoms. The lowest BCUT2D eigenvalue weighted by Gasteiger charge is -2.30. The van der Waals surface area contributed by atoms with Gasteiger partial charge in [0.1, 0.15) is 0 Å². The van der Waals surface area contributed by atoms with Gasteiger partial charge in [-0.1, -0.05) is 45.9 Å². The Morgan fingerprint density at radius 1 is 1.17 bits per heavy atom. The summed E-state index contributed by atoms with van der Waals surface area (Å²) in [7, 11) is 0. The van der Waals surface area contributed by atoms with Gasteiger partial charge in [0.2, 0.25) is 0 Å². The molecule has 0 saturated carbocycles. The molecule has 0 aliphatic carbocycles. The van der Waals surface area contributed by atoms with Crippen LogP contribution >= 0.6 is 0 Å². The quantitative estimate of drug-likeness (QED) is 0.858. The van der Waals surface area contributed by atoms with Crippen LogP contribution in [0.2, 0.25) is 0 Å². The fourth-order valence-corrected chi connectivity index (χ4v) is 3.60. The number of quaternary nitrogens is 1. The van der Waals surface area contributed by atoms with Gasteiger partial charge in [-0.25, -0.2) is 0 Å². The number of hydrogen-bond acceptors (Lipinski definition) is 1. The predicted molar refractivity (Wildman–Crippen MR) is 97.3 cm³/mol. The van der Waals surface area contributed by atoms with E-state index < -0.39 is 0 Å². The van der Waals surface area contributed by atoms with Gasteiger partial charge in [0, 0.05) is 5.69 Å². The number of carbonyl (C=O) groups excluding carboxylic acids is 1. The first-order valence-electron chi connectivity index (χ1n) is 9.17. The normalized spacial score (nSPS) is 21.7. The molecule has 3 nitrogen and oxygen atoms in total. The Labute approximate surface area is 141 Å². The number of likely N-dealkylation sites (tertiary alicyclic amines) is 1. The zero-order valence-electron chi connectivity index (χ0n) is 15.4. The van der Waals surface area contributed by atoms with Gasteiger partial charge in [0.15, 0.2) is 6.54 Å². The van der Waals surface area contributed by atoms with E-state index in [9.17, 15) is 4.79 Å². The van der Waals surface area contributed by atoms with E-state index in [1.54, 1.807) is 0 Å². The summed E-state index contributed by atoms with van der Waals surface area (Å²) in [6.45, 7) is 12.7. The third kappa shape index (κ3) is 4.57. The number of anilines is 1. The molecule has 1 fully saturated rings. The Balaban J connectivity index is 2.16. The molecule has 2 N–H and O–H groups in total. The number of piperidine rings is 1. The lowest BCUT2D eigenvalue weighted by molar-refractivity contribution is -0.920. The minimum absolute atomic E-state index is 0.156. The molecular formula is C20H33N2O+. The molecule has 2 rings (SSSR count). The van der Waals surface area contributed by atoms with Crippen molar-refractivity contribution in [2.45, 2.75) is 71.8 Å². The van der Waals surface area contributed by atoms with Gasteiger partial charge in [-0.2, -0.15) is 0 Å². The van der Waals surface area contributed by atoms with Crippen LogP contribution in [0.4, 0.5) is 5.69 Å². The molecule has 1 aliphatic heterocycles.